The Kier molecular flexibility index (Phi) is 12.9. The third-order valence-corrected chi connectivity index (χ3v) is 6.65. The van der Waals surface area contributed by atoms with Crippen LogP contribution in [0.25, 0.3) is 0 Å². The van der Waals surface area contributed by atoms with E-state index >= 15 is 0 Å². The molecule has 0 saturated carbocycles. The van der Waals surface area contributed by atoms with Crippen LogP contribution in [-0.4, -0.2) is 46.1 Å². The van der Waals surface area contributed by atoms with Gasteiger partial charge in [-0.3, -0.25) is 4.79 Å². The minimum Gasteiger partial charge on any atom is -0.394 e. The first-order valence-corrected chi connectivity index (χ1v) is 12.8. The molecule has 0 spiro atoms. The van der Waals surface area contributed by atoms with Crippen molar-refractivity contribution in [1.82, 2.24) is 5.32 Å². The van der Waals surface area contributed by atoms with Gasteiger partial charge in [-0.25, -0.2) is 0 Å². The second kappa shape index (κ2) is 13.3. The van der Waals surface area contributed by atoms with Gasteiger partial charge < -0.3 is 20.6 Å². The summed E-state index contributed by atoms with van der Waals surface area (Å²) in [5.41, 5.74) is 0.193. The number of aliphatic hydroxyl groups excluding tert-OH is 3. The Morgan fingerprint density at radius 3 is 1.88 bits per heavy atom. The van der Waals surface area contributed by atoms with Gasteiger partial charge >= 0.3 is 0 Å². The maximum atomic E-state index is 12.6. The predicted octanol–water partition coefficient (Wildman–Crippen LogP) is 5.62. The number of nitrogens with one attached hydrogen (secondary N) is 1. The highest BCUT2D eigenvalue weighted by molar-refractivity contribution is 5.80. The summed E-state index contributed by atoms with van der Waals surface area (Å²) < 4.78 is 0. The first kappa shape index (κ1) is 32.1. The summed E-state index contributed by atoms with van der Waals surface area (Å²) in [6, 6.07) is -0.853. The van der Waals surface area contributed by atoms with Gasteiger partial charge in [0.1, 0.15) is 6.10 Å². The largest absolute Gasteiger partial charge is 0.394 e. The quantitative estimate of drug-likeness (QED) is 0.234. The smallest absolute Gasteiger partial charge is 0.249 e. The Bertz CT molecular complexity index is 602. The number of carbonyl (C=O) groups is 1. The minimum atomic E-state index is -1.18. The summed E-state index contributed by atoms with van der Waals surface area (Å²) in [6.45, 7) is 21.3. The van der Waals surface area contributed by atoms with Crippen molar-refractivity contribution in [1.29, 1.82) is 0 Å². The highest BCUT2D eigenvalue weighted by Gasteiger charge is 2.30. The highest BCUT2D eigenvalue weighted by Crippen LogP contribution is 2.36. The zero-order valence-electron chi connectivity index (χ0n) is 23.3. The standard InChI is InChI=1S/C28H55NO4/c1-11-13-26(5,6)17-18-28(9,10)19-23(32)24(33)29-21(20-30)22(31)12-14-27(7,8)16-15-25(2,3)4/h12,14,21-23,30-32H,11,13,15-20H2,1-10H3,(H,29,33)/b14-12+/t21-,22-,23?/m1/s1. The molecule has 0 aliphatic carbocycles. The maximum Gasteiger partial charge on any atom is 0.249 e. The van der Waals surface area contributed by atoms with Crippen LogP contribution in [0.5, 0.6) is 0 Å². The second-order valence-electron chi connectivity index (χ2n) is 13.5. The lowest BCUT2D eigenvalue weighted by Crippen LogP contribution is -2.49. The molecular formula is C28H55NO4. The van der Waals surface area contributed by atoms with E-state index in [2.05, 4.69) is 74.6 Å². The van der Waals surface area contributed by atoms with Gasteiger partial charge in [0.2, 0.25) is 5.91 Å². The number of aliphatic hydroxyl groups is 3. The van der Waals surface area contributed by atoms with Gasteiger partial charge in [-0.15, -0.1) is 0 Å². The number of hydrogen-bond acceptors (Lipinski definition) is 4. The van der Waals surface area contributed by atoms with Crippen molar-refractivity contribution in [2.45, 2.75) is 132 Å². The molecule has 3 atom stereocenters. The molecule has 0 aliphatic rings. The van der Waals surface area contributed by atoms with Crippen LogP contribution < -0.4 is 5.32 Å². The predicted molar refractivity (Wildman–Crippen MR) is 139 cm³/mol. The van der Waals surface area contributed by atoms with E-state index in [1.807, 2.05) is 6.08 Å². The molecule has 1 amide bonds. The fraction of sp³-hybridized carbons (Fsp3) is 0.893. The molecule has 0 aromatic heterocycles. The van der Waals surface area contributed by atoms with Crippen molar-refractivity contribution in [3.63, 3.8) is 0 Å². The Hall–Kier alpha value is -0.910. The van der Waals surface area contributed by atoms with Crippen LogP contribution in [0.2, 0.25) is 0 Å². The average Bonchev–Trinajstić information content (AvgIpc) is 2.66. The molecule has 0 fully saturated rings. The fourth-order valence-electron chi connectivity index (χ4n) is 3.99. The summed E-state index contributed by atoms with van der Waals surface area (Å²) in [6.07, 6.45) is 8.02. The van der Waals surface area contributed by atoms with Crippen molar-refractivity contribution in [2.75, 3.05) is 6.61 Å². The molecule has 0 bridgehead atoms. The van der Waals surface area contributed by atoms with E-state index in [4.69, 9.17) is 0 Å². The highest BCUT2D eigenvalue weighted by atomic mass is 16.3. The molecule has 0 heterocycles. The fourth-order valence-corrected chi connectivity index (χ4v) is 3.99. The van der Waals surface area contributed by atoms with Crippen LogP contribution in [0, 0.1) is 21.7 Å². The van der Waals surface area contributed by atoms with Crippen LogP contribution in [0.15, 0.2) is 12.2 Å². The number of rotatable bonds is 15. The minimum absolute atomic E-state index is 0.104. The summed E-state index contributed by atoms with van der Waals surface area (Å²) >= 11 is 0. The molecule has 0 saturated heterocycles. The van der Waals surface area contributed by atoms with E-state index in [1.54, 1.807) is 6.08 Å². The third-order valence-electron chi connectivity index (χ3n) is 6.65. The van der Waals surface area contributed by atoms with E-state index < -0.39 is 30.8 Å². The van der Waals surface area contributed by atoms with E-state index in [9.17, 15) is 20.1 Å². The molecule has 5 heteroatoms. The van der Waals surface area contributed by atoms with E-state index in [0.717, 1.165) is 38.5 Å². The lowest BCUT2D eigenvalue weighted by atomic mass is 9.74. The molecule has 33 heavy (non-hydrogen) atoms. The van der Waals surface area contributed by atoms with Crippen molar-refractivity contribution in [2.24, 2.45) is 21.7 Å². The molecule has 0 aliphatic heterocycles. The molecule has 0 rings (SSSR count). The van der Waals surface area contributed by atoms with E-state index in [1.165, 1.54) is 0 Å². The Labute approximate surface area is 204 Å². The van der Waals surface area contributed by atoms with Gasteiger partial charge in [0.05, 0.1) is 18.8 Å². The van der Waals surface area contributed by atoms with Crippen LogP contribution in [0.3, 0.4) is 0 Å². The van der Waals surface area contributed by atoms with E-state index in [0.29, 0.717) is 6.42 Å². The number of hydrogen-bond donors (Lipinski definition) is 4. The summed E-state index contributed by atoms with van der Waals surface area (Å²) in [5, 5.41) is 33.4. The molecule has 1 unspecified atom stereocenters. The van der Waals surface area contributed by atoms with Crippen LogP contribution in [0.4, 0.5) is 0 Å². The van der Waals surface area contributed by atoms with Crippen molar-refractivity contribution in [3.8, 4) is 0 Å². The molecule has 196 valence electrons. The SMILES string of the molecule is CCCC(C)(C)CCC(C)(C)CC(O)C(=O)N[C@H](CO)[C@H](O)/C=C/C(C)(C)CCC(C)(C)C. The number of carbonyl (C=O) groups excluding carboxylic acids is 1. The van der Waals surface area contributed by atoms with Crippen LogP contribution in [-0.2, 0) is 4.79 Å². The number of allylic oxidation sites excluding steroid dienone is 1. The molecular weight excluding hydrogens is 414 g/mol. The monoisotopic (exact) mass is 469 g/mol. The van der Waals surface area contributed by atoms with Gasteiger partial charge in [0.15, 0.2) is 0 Å². The van der Waals surface area contributed by atoms with Crippen molar-refractivity contribution < 1.29 is 20.1 Å². The van der Waals surface area contributed by atoms with E-state index in [-0.39, 0.29) is 21.7 Å². The van der Waals surface area contributed by atoms with Gasteiger partial charge in [-0.05, 0) is 60.2 Å². The molecule has 5 nitrogen and oxygen atoms in total. The van der Waals surface area contributed by atoms with Crippen molar-refractivity contribution in [3.05, 3.63) is 12.2 Å². The average molecular weight is 470 g/mol. The zero-order valence-corrected chi connectivity index (χ0v) is 23.3. The van der Waals surface area contributed by atoms with Crippen molar-refractivity contribution >= 4 is 5.91 Å². The Morgan fingerprint density at radius 2 is 1.39 bits per heavy atom. The molecule has 0 aromatic rings. The summed E-state index contributed by atoms with van der Waals surface area (Å²) in [5.74, 6) is -0.547. The molecule has 0 radical (unpaired) electrons. The van der Waals surface area contributed by atoms with Crippen LogP contribution >= 0.6 is 0 Å². The lowest BCUT2D eigenvalue weighted by Gasteiger charge is -2.32. The third kappa shape index (κ3) is 14.9. The Morgan fingerprint density at radius 1 is 0.848 bits per heavy atom. The van der Waals surface area contributed by atoms with Gasteiger partial charge in [-0.1, -0.05) is 87.8 Å². The molecule has 4 N–H and O–H groups in total. The second-order valence-corrected chi connectivity index (χ2v) is 13.5. The van der Waals surface area contributed by atoms with Crippen LogP contribution in [0.1, 0.15) is 114 Å². The number of amides is 1. The van der Waals surface area contributed by atoms with Gasteiger partial charge in [-0.2, -0.15) is 0 Å². The topological polar surface area (TPSA) is 89.8 Å². The lowest BCUT2D eigenvalue weighted by molar-refractivity contribution is -0.132. The summed E-state index contributed by atoms with van der Waals surface area (Å²) in [7, 11) is 0. The maximum absolute atomic E-state index is 12.6. The zero-order chi connectivity index (χ0) is 26.1. The Balaban J connectivity index is 4.88. The first-order valence-electron chi connectivity index (χ1n) is 12.8. The first-order chi connectivity index (χ1) is 14.8. The van der Waals surface area contributed by atoms with Gasteiger partial charge in [0.25, 0.3) is 0 Å². The summed E-state index contributed by atoms with van der Waals surface area (Å²) in [4.78, 5) is 12.6. The normalized spacial score (nSPS) is 16.6. The molecule has 0 aromatic carbocycles. The van der Waals surface area contributed by atoms with Gasteiger partial charge in [0, 0.05) is 0 Å².